The van der Waals surface area contributed by atoms with Crippen molar-refractivity contribution in [3.63, 3.8) is 0 Å². The van der Waals surface area contributed by atoms with Gasteiger partial charge in [-0.3, -0.25) is 19.2 Å². The molecule has 0 aliphatic rings. The molecule has 1 amide bonds. The summed E-state index contributed by atoms with van der Waals surface area (Å²) in [6.45, 7) is 8.26. The molecule has 8 nitrogen and oxygen atoms in total. The standard InChI is InChI=1S/C43H81NO7/c1-6-8-10-12-14-16-18-20-21-22-23-25-27-29-31-33-35-42(48)44-40(36-49-37(3)45)43(51-39(5)47)41(50-38(4)46)34-32-30-28-26-24-19-17-15-13-11-9-7-2/h40-41,43H,6-36H2,1-5H3,(H,44,48)/t40-,41+,43-/m0/s1. The minimum absolute atomic E-state index is 0.172. The maximum atomic E-state index is 13.1. The van der Waals surface area contributed by atoms with E-state index < -0.39 is 36.2 Å². The third-order valence-electron chi connectivity index (χ3n) is 9.79. The lowest BCUT2D eigenvalue weighted by atomic mass is 9.98. The molecule has 0 radical (unpaired) electrons. The summed E-state index contributed by atoms with van der Waals surface area (Å²) >= 11 is 0. The van der Waals surface area contributed by atoms with Gasteiger partial charge in [-0.25, -0.2) is 0 Å². The maximum absolute atomic E-state index is 13.1. The van der Waals surface area contributed by atoms with Gasteiger partial charge in [0.15, 0.2) is 6.10 Å². The number of rotatable bonds is 37. The molecule has 0 saturated heterocycles. The molecule has 0 aromatic rings. The Morgan fingerprint density at radius 2 is 0.804 bits per heavy atom. The number of carbonyl (C=O) groups excluding carboxylic acids is 4. The molecule has 0 unspecified atom stereocenters. The van der Waals surface area contributed by atoms with Crippen molar-refractivity contribution in [1.82, 2.24) is 5.32 Å². The predicted molar refractivity (Wildman–Crippen MR) is 210 cm³/mol. The van der Waals surface area contributed by atoms with Crippen molar-refractivity contribution < 1.29 is 33.4 Å². The fourth-order valence-corrected chi connectivity index (χ4v) is 6.84. The van der Waals surface area contributed by atoms with E-state index in [4.69, 9.17) is 14.2 Å². The minimum atomic E-state index is -0.965. The van der Waals surface area contributed by atoms with E-state index >= 15 is 0 Å². The van der Waals surface area contributed by atoms with Crippen LogP contribution in [-0.4, -0.2) is 48.7 Å². The Hall–Kier alpha value is -2.12. The summed E-state index contributed by atoms with van der Waals surface area (Å²) in [5.41, 5.74) is 0. The summed E-state index contributed by atoms with van der Waals surface area (Å²) in [6.07, 6.45) is 33.8. The second kappa shape index (κ2) is 36.2. The van der Waals surface area contributed by atoms with Gasteiger partial charge in [0.05, 0.1) is 0 Å². The maximum Gasteiger partial charge on any atom is 0.303 e. The lowest BCUT2D eigenvalue weighted by molar-refractivity contribution is -0.171. The Kier molecular flexibility index (Phi) is 34.7. The average molecular weight is 724 g/mol. The Bertz CT molecular complexity index is 848. The van der Waals surface area contributed by atoms with Crippen molar-refractivity contribution in [2.75, 3.05) is 6.61 Å². The summed E-state index contributed by atoms with van der Waals surface area (Å²) in [4.78, 5) is 49.1. The highest BCUT2D eigenvalue weighted by atomic mass is 16.6. The molecule has 0 saturated carbocycles. The summed E-state index contributed by atoms with van der Waals surface area (Å²) in [6, 6.07) is -0.826. The molecule has 3 atom stereocenters. The van der Waals surface area contributed by atoms with Gasteiger partial charge in [0.2, 0.25) is 5.91 Å². The van der Waals surface area contributed by atoms with Gasteiger partial charge in [-0.05, 0) is 19.3 Å². The lowest BCUT2D eigenvalue weighted by Gasteiger charge is -2.33. The molecule has 0 spiro atoms. The number of carbonyl (C=O) groups is 4. The van der Waals surface area contributed by atoms with Crippen LogP contribution >= 0.6 is 0 Å². The van der Waals surface area contributed by atoms with Crippen molar-refractivity contribution in [2.24, 2.45) is 0 Å². The van der Waals surface area contributed by atoms with Crippen LogP contribution in [0.4, 0.5) is 0 Å². The van der Waals surface area contributed by atoms with Crippen molar-refractivity contribution in [3.8, 4) is 0 Å². The van der Waals surface area contributed by atoms with E-state index in [2.05, 4.69) is 19.2 Å². The van der Waals surface area contributed by atoms with Gasteiger partial charge in [0.1, 0.15) is 18.8 Å². The molecule has 0 heterocycles. The average Bonchev–Trinajstić information content (AvgIpc) is 3.08. The van der Waals surface area contributed by atoms with Gasteiger partial charge in [-0.2, -0.15) is 0 Å². The molecule has 8 heteroatoms. The molecule has 51 heavy (non-hydrogen) atoms. The first-order valence-corrected chi connectivity index (χ1v) is 21.5. The van der Waals surface area contributed by atoms with E-state index in [-0.39, 0.29) is 12.5 Å². The molecule has 0 aliphatic carbocycles. The van der Waals surface area contributed by atoms with Crippen LogP contribution in [0.3, 0.4) is 0 Å². The van der Waals surface area contributed by atoms with E-state index in [1.807, 2.05) is 0 Å². The third kappa shape index (κ3) is 33.5. The van der Waals surface area contributed by atoms with Gasteiger partial charge >= 0.3 is 17.9 Å². The topological polar surface area (TPSA) is 108 Å². The summed E-state index contributed by atoms with van der Waals surface area (Å²) < 4.78 is 16.6. The molecule has 300 valence electrons. The largest absolute Gasteiger partial charge is 0.464 e. The van der Waals surface area contributed by atoms with Gasteiger partial charge < -0.3 is 19.5 Å². The van der Waals surface area contributed by atoms with Gasteiger partial charge in [-0.1, -0.05) is 181 Å². The number of hydrogen-bond donors (Lipinski definition) is 1. The number of hydrogen-bond acceptors (Lipinski definition) is 7. The number of ether oxygens (including phenoxy) is 3. The highest BCUT2D eigenvalue weighted by Gasteiger charge is 2.36. The second-order valence-electron chi connectivity index (χ2n) is 14.9. The Morgan fingerprint density at radius 1 is 0.451 bits per heavy atom. The molecule has 0 aromatic carbocycles. The van der Waals surface area contributed by atoms with E-state index in [9.17, 15) is 19.2 Å². The minimum Gasteiger partial charge on any atom is -0.464 e. The van der Waals surface area contributed by atoms with Gasteiger partial charge in [0, 0.05) is 27.2 Å². The fraction of sp³-hybridized carbons (Fsp3) is 0.907. The zero-order valence-corrected chi connectivity index (χ0v) is 34.0. The lowest BCUT2D eigenvalue weighted by Crippen LogP contribution is -2.54. The van der Waals surface area contributed by atoms with Crippen LogP contribution in [0, 0.1) is 0 Å². The van der Waals surface area contributed by atoms with Crippen LogP contribution in [0.15, 0.2) is 0 Å². The van der Waals surface area contributed by atoms with Crippen LogP contribution in [0.1, 0.15) is 227 Å². The Morgan fingerprint density at radius 3 is 1.16 bits per heavy atom. The zero-order chi connectivity index (χ0) is 37.8. The van der Waals surface area contributed by atoms with E-state index in [1.54, 1.807) is 0 Å². The molecule has 0 fully saturated rings. The molecule has 0 aromatic heterocycles. The van der Waals surface area contributed by atoms with E-state index in [0.29, 0.717) is 12.8 Å². The van der Waals surface area contributed by atoms with Crippen molar-refractivity contribution in [3.05, 3.63) is 0 Å². The molecule has 0 aliphatic heterocycles. The van der Waals surface area contributed by atoms with Crippen LogP contribution in [0.2, 0.25) is 0 Å². The first-order chi connectivity index (χ1) is 24.7. The second-order valence-corrected chi connectivity index (χ2v) is 14.9. The van der Waals surface area contributed by atoms with Crippen molar-refractivity contribution >= 4 is 23.8 Å². The van der Waals surface area contributed by atoms with Gasteiger partial charge in [-0.15, -0.1) is 0 Å². The fourth-order valence-electron chi connectivity index (χ4n) is 6.84. The highest BCUT2D eigenvalue weighted by Crippen LogP contribution is 2.20. The van der Waals surface area contributed by atoms with Crippen LogP contribution in [0.25, 0.3) is 0 Å². The molecule has 0 bridgehead atoms. The van der Waals surface area contributed by atoms with Crippen LogP contribution in [0.5, 0.6) is 0 Å². The van der Waals surface area contributed by atoms with Crippen LogP contribution in [-0.2, 0) is 33.4 Å². The van der Waals surface area contributed by atoms with Crippen LogP contribution < -0.4 is 5.32 Å². The quantitative estimate of drug-likeness (QED) is 0.0386. The first kappa shape index (κ1) is 48.9. The number of amides is 1. The number of nitrogens with one attached hydrogen (secondary N) is 1. The first-order valence-electron chi connectivity index (χ1n) is 21.5. The predicted octanol–water partition coefficient (Wildman–Crippen LogP) is 11.6. The Labute approximate surface area is 314 Å². The zero-order valence-electron chi connectivity index (χ0n) is 34.0. The van der Waals surface area contributed by atoms with E-state index in [1.165, 1.54) is 162 Å². The van der Waals surface area contributed by atoms with Gasteiger partial charge in [0.25, 0.3) is 0 Å². The van der Waals surface area contributed by atoms with Crippen molar-refractivity contribution in [2.45, 2.75) is 245 Å². The number of esters is 3. The summed E-state index contributed by atoms with van der Waals surface area (Å²) in [7, 11) is 0. The summed E-state index contributed by atoms with van der Waals surface area (Å²) in [5.74, 6) is -1.73. The molecule has 0 rings (SSSR count). The smallest absolute Gasteiger partial charge is 0.303 e. The molecular formula is C43H81NO7. The SMILES string of the molecule is CCCCCCCCCCCCCCCCCCC(=O)N[C@@H](COC(C)=O)[C@H](OC(C)=O)[C@@H](CCCCCCCCCCCCCC)OC(C)=O. The van der Waals surface area contributed by atoms with Crippen molar-refractivity contribution in [1.29, 1.82) is 0 Å². The third-order valence-corrected chi connectivity index (χ3v) is 9.79. The summed E-state index contributed by atoms with van der Waals surface area (Å²) in [5, 5.41) is 2.95. The molecule has 1 N–H and O–H groups in total. The normalized spacial score (nSPS) is 13.0. The van der Waals surface area contributed by atoms with E-state index in [0.717, 1.165) is 38.5 Å². The Balaban J connectivity index is 4.66. The molecular weight excluding hydrogens is 642 g/mol. The number of unbranched alkanes of at least 4 members (excludes halogenated alkanes) is 26. The monoisotopic (exact) mass is 724 g/mol. The highest BCUT2D eigenvalue weighted by molar-refractivity contribution is 5.76.